The van der Waals surface area contributed by atoms with Gasteiger partial charge < -0.3 is 10.7 Å². The number of H-pyrrole nitrogens is 1. The summed E-state index contributed by atoms with van der Waals surface area (Å²) in [6.45, 7) is 4.40. The second-order valence-electron chi connectivity index (χ2n) is 4.84. The lowest BCUT2D eigenvalue weighted by Crippen LogP contribution is -2.10. The number of imidazole rings is 1. The molecule has 0 radical (unpaired) electrons. The molecule has 1 aromatic rings. The summed E-state index contributed by atoms with van der Waals surface area (Å²) in [6, 6.07) is 0.126. The van der Waals surface area contributed by atoms with Gasteiger partial charge in [0, 0.05) is 18.7 Å². The maximum atomic E-state index is 6.04. The van der Waals surface area contributed by atoms with Gasteiger partial charge in [-0.05, 0) is 12.8 Å². The van der Waals surface area contributed by atoms with Crippen LogP contribution in [-0.4, -0.2) is 9.97 Å². The van der Waals surface area contributed by atoms with Crippen molar-refractivity contribution in [3.63, 3.8) is 0 Å². The highest BCUT2D eigenvalue weighted by molar-refractivity contribution is 5.06. The number of rotatable bonds is 9. The van der Waals surface area contributed by atoms with Crippen LogP contribution in [0.1, 0.15) is 76.4 Å². The molecule has 3 nitrogen and oxygen atoms in total. The Bertz CT molecular complexity index is 293. The fourth-order valence-electron chi connectivity index (χ4n) is 2.06. The van der Waals surface area contributed by atoms with Gasteiger partial charge in [0.05, 0.1) is 5.69 Å². The molecule has 1 heterocycles. The lowest BCUT2D eigenvalue weighted by Gasteiger charge is -2.06. The average Bonchev–Trinajstić information content (AvgIpc) is 2.78. The third kappa shape index (κ3) is 5.35. The molecule has 0 amide bonds. The van der Waals surface area contributed by atoms with Gasteiger partial charge in [-0.3, -0.25) is 0 Å². The van der Waals surface area contributed by atoms with Crippen LogP contribution in [0.3, 0.4) is 0 Å². The number of nitrogens with one attached hydrogen (secondary N) is 1. The van der Waals surface area contributed by atoms with Crippen molar-refractivity contribution >= 4 is 0 Å². The third-order valence-corrected chi connectivity index (χ3v) is 3.16. The van der Waals surface area contributed by atoms with Gasteiger partial charge >= 0.3 is 0 Å². The van der Waals surface area contributed by atoms with Gasteiger partial charge in [0.2, 0.25) is 0 Å². The minimum atomic E-state index is 0.126. The molecule has 1 atom stereocenters. The SMILES string of the molecule is CCCCCCCc1ncc(C(N)CCC)[nH]1. The van der Waals surface area contributed by atoms with Crippen molar-refractivity contribution in [1.29, 1.82) is 0 Å². The quantitative estimate of drug-likeness (QED) is 0.643. The summed E-state index contributed by atoms with van der Waals surface area (Å²) in [7, 11) is 0. The number of aromatic nitrogens is 2. The molecule has 3 heteroatoms. The van der Waals surface area contributed by atoms with E-state index in [-0.39, 0.29) is 6.04 Å². The molecule has 3 N–H and O–H groups in total. The van der Waals surface area contributed by atoms with Crippen LogP contribution in [0.4, 0.5) is 0 Å². The lowest BCUT2D eigenvalue weighted by molar-refractivity contribution is 0.613. The Labute approximate surface area is 105 Å². The summed E-state index contributed by atoms with van der Waals surface area (Å²) in [6.07, 6.45) is 11.6. The van der Waals surface area contributed by atoms with Crippen LogP contribution in [0.2, 0.25) is 0 Å². The molecule has 0 saturated carbocycles. The van der Waals surface area contributed by atoms with Gasteiger partial charge in [-0.25, -0.2) is 4.98 Å². The molecular formula is C14H27N3. The first kappa shape index (κ1) is 14.2. The third-order valence-electron chi connectivity index (χ3n) is 3.16. The molecular weight excluding hydrogens is 210 g/mol. The van der Waals surface area contributed by atoms with E-state index in [2.05, 4.69) is 23.8 Å². The van der Waals surface area contributed by atoms with Crippen LogP contribution in [0.25, 0.3) is 0 Å². The molecule has 1 aromatic heterocycles. The van der Waals surface area contributed by atoms with E-state index >= 15 is 0 Å². The molecule has 1 unspecified atom stereocenters. The van der Waals surface area contributed by atoms with Crippen molar-refractivity contribution < 1.29 is 0 Å². The van der Waals surface area contributed by atoms with Gasteiger partial charge in [0.1, 0.15) is 5.82 Å². The fourth-order valence-corrected chi connectivity index (χ4v) is 2.06. The molecule has 0 aliphatic heterocycles. The topological polar surface area (TPSA) is 54.7 Å². The Morgan fingerprint density at radius 3 is 2.65 bits per heavy atom. The number of nitrogens with zero attached hydrogens (tertiary/aromatic N) is 1. The van der Waals surface area contributed by atoms with Crippen molar-refractivity contribution in [2.75, 3.05) is 0 Å². The zero-order valence-corrected chi connectivity index (χ0v) is 11.3. The van der Waals surface area contributed by atoms with Crippen LogP contribution >= 0.6 is 0 Å². The summed E-state index contributed by atoms with van der Waals surface area (Å²) in [5.74, 6) is 1.10. The normalized spacial score (nSPS) is 12.9. The predicted molar refractivity (Wildman–Crippen MR) is 72.9 cm³/mol. The second-order valence-corrected chi connectivity index (χ2v) is 4.84. The van der Waals surface area contributed by atoms with E-state index in [1.807, 2.05) is 6.20 Å². The van der Waals surface area contributed by atoms with E-state index < -0.39 is 0 Å². The number of hydrogen-bond acceptors (Lipinski definition) is 2. The van der Waals surface area contributed by atoms with E-state index in [0.717, 1.165) is 30.8 Å². The predicted octanol–water partition coefficient (Wildman–Crippen LogP) is 3.72. The van der Waals surface area contributed by atoms with Crippen LogP contribution in [0.5, 0.6) is 0 Å². The summed E-state index contributed by atoms with van der Waals surface area (Å²) in [5.41, 5.74) is 7.13. The zero-order chi connectivity index (χ0) is 12.5. The first-order valence-electron chi connectivity index (χ1n) is 7.07. The van der Waals surface area contributed by atoms with Gasteiger partial charge in [-0.2, -0.15) is 0 Å². The molecule has 0 bridgehead atoms. The smallest absolute Gasteiger partial charge is 0.106 e. The van der Waals surface area contributed by atoms with Crippen LogP contribution < -0.4 is 5.73 Å². The Morgan fingerprint density at radius 2 is 1.94 bits per heavy atom. The van der Waals surface area contributed by atoms with Gasteiger partial charge in [0.15, 0.2) is 0 Å². The molecule has 17 heavy (non-hydrogen) atoms. The van der Waals surface area contributed by atoms with Crippen LogP contribution in [-0.2, 0) is 6.42 Å². The van der Waals surface area contributed by atoms with Crippen molar-refractivity contribution in [3.8, 4) is 0 Å². The van der Waals surface area contributed by atoms with Crippen molar-refractivity contribution in [2.45, 2.75) is 71.3 Å². The first-order chi connectivity index (χ1) is 8.27. The van der Waals surface area contributed by atoms with E-state index in [0.29, 0.717) is 0 Å². The summed E-state index contributed by atoms with van der Waals surface area (Å²) < 4.78 is 0. The standard InChI is InChI=1S/C14H27N3/c1-3-5-6-7-8-10-14-16-11-13(17-14)12(15)9-4-2/h11-12H,3-10,15H2,1-2H3,(H,16,17). The summed E-state index contributed by atoms with van der Waals surface area (Å²) in [4.78, 5) is 7.75. The summed E-state index contributed by atoms with van der Waals surface area (Å²) in [5, 5.41) is 0. The molecule has 0 aromatic carbocycles. The maximum absolute atomic E-state index is 6.04. The average molecular weight is 237 g/mol. The number of unbranched alkanes of at least 4 members (excludes halogenated alkanes) is 4. The highest BCUT2D eigenvalue weighted by Gasteiger charge is 2.08. The first-order valence-corrected chi connectivity index (χ1v) is 7.07. The fraction of sp³-hybridized carbons (Fsp3) is 0.786. The monoisotopic (exact) mass is 237 g/mol. The van der Waals surface area contributed by atoms with E-state index in [4.69, 9.17) is 5.73 Å². The van der Waals surface area contributed by atoms with Crippen LogP contribution in [0.15, 0.2) is 6.20 Å². The van der Waals surface area contributed by atoms with Crippen molar-refractivity contribution in [1.82, 2.24) is 9.97 Å². The minimum absolute atomic E-state index is 0.126. The molecule has 0 aliphatic carbocycles. The largest absolute Gasteiger partial charge is 0.345 e. The molecule has 0 saturated heterocycles. The Balaban J connectivity index is 2.25. The molecule has 1 rings (SSSR count). The molecule has 0 aliphatic rings. The molecule has 98 valence electrons. The Kier molecular flexibility index (Phi) is 6.94. The number of aromatic amines is 1. The minimum Gasteiger partial charge on any atom is -0.345 e. The van der Waals surface area contributed by atoms with Crippen LogP contribution in [0, 0.1) is 0 Å². The van der Waals surface area contributed by atoms with Gasteiger partial charge in [0.25, 0.3) is 0 Å². The number of hydrogen-bond donors (Lipinski definition) is 2. The van der Waals surface area contributed by atoms with Crippen molar-refractivity contribution in [2.24, 2.45) is 5.73 Å². The molecule has 0 spiro atoms. The zero-order valence-electron chi connectivity index (χ0n) is 11.3. The van der Waals surface area contributed by atoms with Crippen molar-refractivity contribution in [3.05, 3.63) is 17.7 Å². The van der Waals surface area contributed by atoms with E-state index in [1.54, 1.807) is 0 Å². The summed E-state index contributed by atoms with van der Waals surface area (Å²) >= 11 is 0. The number of nitrogens with two attached hydrogens (primary N) is 1. The van der Waals surface area contributed by atoms with Gasteiger partial charge in [-0.1, -0.05) is 46.0 Å². The van der Waals surface area contributed by atoms with Gasteiger partial charge in [-0.15, -0.1) is 0 Å². The lowest BCUT2D eigenvalue weighted by atomic mass is 10.1. The highest BCUT2D eigenvalue weighted by Crippen LogP contribution is 2.14. The maximum Gasteiger partial charge on any atom is 0.106 e. The molecule has 0 fully saturated rings. The Morgan fingerprint density at radius 1 is 1.18 bits per heavy atom. The Hall–Kier alpha value is -0.830. The highest BCUT2D eigenvalue weighted by atomic mass is 14.9. The van der Waals surface area contributed by atoms with E-state index in [1.165, 1.54) is 32.1 Å². The number of aryl methyl sites for hydroxylation is 1. The van der Waals surface area contributed by atoms with E-state index in [9.17, 15) is 0 Å². The second kappa shape index (κ2) is 8.29.